The van der Waals surface area contributed by atoms with Crippen molar-refractivity contribution in [3.05, 3.63) is 0 Å². The van der Waals surface area contributed by atoms with E-state index in [1.54, 1.807) is 4.90 Å². The fourth-order valence-corrected chi connectivity index (χ4v) is 3.70. The molecule has 3 unspecified atom stereocenters. The maximum atomic E-state index is 12.2. The first-order chi connectivity index (χ1) is 11.3. The van der Waals surface area contributed by atoms with E-state index < -0.39 is 5.60 Å². The molecule has 144 valence electrons. The van der Waals surface area contributed by atoms with Crippen molar-refractivity contribution in [2.24, 2.45) is 10.9 Å². The van der Waals surface area contributed by atoms with Crippen LogP contribution in [0.5, 0.6) is 0 Å². The summed E-state index contributed by atoms with van der Waals surface area (Å²) in [6.07, 6.45) is 2.68. The topological polar surface area (TPSA) is 77.4 Å². The van der Waals surface area contributed by atoms with Gasteiger partial charge in [-0.05, 0) is 33.6 Å². The Morgan fingerprint density at radius 1 is 1.36 bits per heavy atom. The number of piperazine rings is 1. The Labute approximate surface area is 167 Å². The second-order valence-electron chi connectivity index (χ2n) is 8.08. The second kappa shape index (κ2) is 8.28. The zero-order valence-electron chi connectivity index (χ0n) is 15.4. The van der Waals surface area contributed by atoms with Gasteiger partial charge >= 0.3 is 6.09 Å². The molecule has 7 nitrogen and oxygen atoms in total. The van der Waals surface area contributed by atoms with Crippen LogP contribution in [0.2, 0.25) is 0 Å². The van der Waals surface area contributed by atoms with Crippen LogP contribution < -0.4 is 5.32 Å². The van der Waals surface area contributed by atoms with Gasteiger partial charge in [-0.1, -0.05) is 6.42 Å². The van der Waals surface area contributed by atoms with Crippen molar-refractivity contribution in [2.45, 2.75) is 57.8 Å². The second-order valence-corrected chi connectivity index (χ2v) is 8.08. The van der Waals surface area contributed by atoms with Gasteiger partial charge < -0.3 is 25.0 Å². The minimum atomic E-state index is -0.463. The number of ether oxygens (including phenoxy) is 1. The number of hydrogen-bond donors (Lipinski definition) is 2. The van der Waals surface area contributed by atoms with Gasteiger partial charge in [0, 0.05) is 32.1 Å². The van der Waals surface area contributed by atoms with Crippen LogP contribution >= 0.6 is 24.0 Å². The van der Waals surface area contributed by atoms with Crippen LogP contribution in [0.25, 0.3) is 0 Å². The van der Waals surface area contributed by atoms with Crippen molar-refractivity contribution in [3.8, 4) is 0 Å². The van der Waals surface area contributed by atoms with Gasteiger partial charge in [0.15, 0.2) is 5.96 Å². The van der Waals surface area contributed by atoms with Crippen LogP contribution in [0.4, 0.5) is 4.79 Å². The van der Waals surface area contributed by atoms with Gasteiger partial charge in [0.05, 0.1) is 18.7 Å². The van der Waals surface area contributed by atoms with Crippen LogP contribution in [0.15, 0.2) is 4.99 Å². The van der Waals surface area contributed by atoms with Crippen molar-refractivity contribution in [2.75, 3.05) is 32.7 Å². The highest BCUT2D eigenvalue weighted by Gasteiger charge is 2.36. The third-order valence-electron chi connectivity index (χ3n) is 5.00. The molecule has 1 amide bonds. The molecule has 25 heavy (non-hydrogen) atoms. The molecule has 0 aromatic rings. The highest BCUT2D eigenvalue weighted by atomic mass is 127. The van der Waals surface area contributed by atoms with E-state index in [4.69, 9.17) is 4.74 Å². The number of aliphatic hydroxyl groups excluding tert-OH is 1. The largest absolute Gasteiger partial charge is 0.444 e. The summed E-state index contributed by atoms with van der Waals surface area (Å²) in [4.78, 5) is 20.9. The van der Waals surface area contributed by atoms with E-state index >= 15 is 0 Å². The Hall–Kier alpha value is -0.770. The summed E-state index contributed by atoms with van der Waals surface area (Å²) < 4.78 is 5.47. The van der Waals surface area contributed by atoms with E-state index in [1.165, 1.54) is 0 Å². The van der Waals surface area contributed by atoms with Crippen molar-refractivity contribution in [3.63, 3.8) is 0 Å². The lowest BCUT2D eigenvalue weighted by Gasteiger charge is -2.39. The van der Waals surface area contributed by atoms with E-state index in [2.05, 4.69) is 15.2 Å². The Morgan fingerprint density at radius 2 is 2.12 bits per heavy atom. The van der Waals surface area contributed by atoms with Gasteiger partial charge in [-0.2, -0.15) is 0 Å². The Kier molecular flexibility index (Phi) is 6.80. The zero-order chi connectivity index (χ0) is 17.3. The molecule has 0 aromatic heterocycles. The van der Waals surface area contributed by atoms with Crippen molar-refractivity contribution in [1.82, 2.24) is 15.1 Å². The van der Waals surface area contributed by atoms with Gasteiger partial charge in [0.2, 0.25) is 0 Å². The van der Waals surface area contributed by atoms with Crippen LogP contribution in [-0.4, -0.2) is 77.4 Å². The molecule has 3 rings (SSSR count). The van der Waals surface area contributed by atoms with Crippen LogP contribution in [0.3, 0.4) is 0 Å². The lowest BCUT2D eigenvalue weighted by molar-refractivity contribution is 0.0137. The summed E-state index contributed by atoms with van der Waals surface area (Å²) in [6, 6.07) is 0.224. The maximum absolute atomic E-state index is 12.2. The van der Waals surface area contributed by atoms with Crippen LogP contribution in [-0.2, 0) is 4.74 Å². The van der Waals surface area contributed by atoms with E-state index in [1.807, 2.05) is 20.8 Å². The number of nitrogens with one attached hydrogen (secondary N) is 1. The highest BCUT2D eigenvalue weighted by molar-refractivity contribution is 14.0. The van der Waals surface area contributed by atoms with Gasteiger partial charge in [-0.3, -0.25) is 4.99 Å². The molecule has 0 radical (unpaired) electrons. The monoisotopic (exact) mass is 466 g/mol. The van der Waals surface area contributed by atoms with E-state index in [0.29, 0.717) is 25.6 Å². The number of carbonyl (C=O) groups excluding carboxylic acids is 1. The normalized spacial score (nSPS) is 29.0. The number of guanidine groups is 1. The Bertz CT molecular complexity index is 509. The highest BCUT2D eigenvalue weighted by Crippen LogP contribution is 2.25. The molecule has 1 saturated heterocycles. The minimum absolute atomic E-state index is 0. The number of halogens is 1. The first kappa shape index (κ1) is 20.5. The lowest BCUT2D eigenvalue weighted by atomic mass is 10.1. The molecule has 0 aromatic carbocycles. The molecule has 3 aliphatic rings. The molecule has 3 atom stereocenters. The van der Waals surface area contributed by atoms with E-state index in [9.17, 15) is 9.90 Å². The number of carbonyl (C=O) groups is 1. The van der Waals surface area contributed by atoms with Crippen LogP contribution in [0, 0.1) is 5.92 Å². The predicted octanol–water partition coefficient (Wildman–Crippen LogP) is 1.65. The molecule has 0 spiro atoms. The standard InChI is InChI=1S/C17H30N4O3.HI/c1-17(2,3)24-16(23)20-7-8-21-13(11-20)10-19-15(21)18-9-12-5-4-6-14(12)22;/h12-14,22H,4-11H2,1-3H3,(H,18,19);1H. The zero-order valence-corrected chi connectivity index (χ0v) is 17.7. The Morgan fingerprint density at radius 3 is 2.76 bits per heavy atom. The number of nitrogens with zero attached hydrogens (tertiary/aromatic N) is 3. The van der Waals surface area contributed by atoms with E-state index in [0.717, 1.165) is 38.3 Å². The third-order valence-corrected chi connectivity index (χ3v) is 5.00. The lowest BCUT2D eigenvalue weighted by Crippen LogP contribution is -2.57. The number of amides is 1. The van der Waals surface area contributed by atoms with E-state index in [-0.39, 0.29) is 42.2 Å². The molecular formula is C17H31IN4O3. The molecule has 1 aliphatic carbocycles. The van der Waals surface area contributed by atoms with Gasteiger partial charge in [-0.25, -0.2) is 4.79 Å². The first-order valence-electron chi connectivity index (χ1n) is 9.04. The molecule has 8 heteroatoms. The average molecular weight is 466 g/mol. The molecule has 2 aliphatic heterocycles. The quantitative estimate of drug-likeness (QED) is 0.606. The van der Waals surface area contributed by atoms with Crippen LogP contribution in [0.1, 0.15) is 40.0 Å². The van der Waals surface area contributed by atoms with Gasteiger partial charge in [0.25, 0.3) is 0 Å². The number of rotatable bonds is 2. The smallest absolute Gasteiger partial charge is 0.410 e. The third kappa shape index (κ3) is 5.12. The molecular weight excluding hydrogens is 435 g/mol. The van der Waals surface area contributed by atoms with Crippen molar-refractivity contribution >= 4 is 36.0 Å². The average Bonchev–Trinajstić information content (AvgIpc) is 3.09. The molecule has 2 fully saturated rings. The summed E-state index contributed by atoms with van der Waals surface area (Å²) in [6.45, 7) is 9.21. The fourth-order valence-electron chi connectivity index (χ4n) is 3.70. The fraction of sp³-hybridized carbons (Fsp3) is 0.882. The van der Waals surface area contributed by atoms with Crippen molar-refractivity contribution in [1.29, 1.82) is 0 Å². The predicted molar refractivity (Wildman–Crippen MR) is 107 cm³/mol. The number of hydrogen-bond acceptors (Lipinski definition) is 6. The van der Waals surface area contributed by atoms with Crippen molar-refractivity contribution < 1.29 is 14.6 Å². The minimum Gasteiger partial charge on any atom is -0.444 e. The van der Waals surface area contributed by atoms with Gasteiger partial charge in [0.1, 0.15) is 5.60 Å². The summed E-state index contributed by atoms with van der Waals surface area (Å²) in [5.41, 5.74) is -0.463. The SMILES string of the molecule is CC(C)(C)OC(=O)N1CCN2C(NCC3CCCC3O)=NCC2C1.I. The first-order valence-corrected chi connectivity index (χ1v) is 9.04. The number of aliphatic imine (C=N–C) groups is 1. The molecule has 2 N–H and O–H groups in total. The molecule has 2 heterocycles. The summed E-state index contributed by atoms with van der Waals surface area (Å²) in [5, 5.41) is 13.3. The molecule has 1 saturated carbocycles. The van der Waals surface area contributed by atoms with Gasteiger partial charge in [-0.15, -0.1) is 24.0 Å². The summed E-state index contributed by atoms with van der Waals surface area (Å²) in [5.74, 6) is 1.25. The molecule has 0 bridgehead atoms. The number of aliphatic hydroxyl groups is 1. The Balaban J connectivity index is 0.00000225. The number of fused-ring (bicyclic) bond motifs is 1. The maximum Gasteiger partial charge on any atom is 0.410 e. The summed E-state index contributed by atoms with van der Waals surface area (Å²) >= 11 is 0. The summed E-state index contributed by atoms with van der Waals surface area (Å²) in [7, 11) is 0.